The summed E-state index contributed by atoms with van der Waals surface area (Å²) in [6.07, 6.45) is -0.684. The molecule has 2 heterocycles. The first-order valence-corrected chi connectivity index (χ1v) is 8.64. The summed E-state index contributed by atoms with van der Waals surface area (Å²) in [5, 5.41) is 0. The molecule has 0 aromatic carbocycles. The first-order valence-electron chi connectivity index (χ1n) is 7.14. The minimum atomic E-state index is -4.11. The average Bonchev–Trinajstić information content (AvgIpc) is 2.64. The van der Waals surface area contributed by atoms with Gasteiger partial charge in [0.15, 0.2) is 0 Å². The van der Waals surface area contributed by atoms with Crippen LogP contribution in [-0.4, -0.2) is 41.5 Å². The van der Waals surface area contributed by atoms with Crippen LogP contribution in [0.15, 0.2) is 0 Å². The number of rotatable bonds is 6. The highest BCUT2D eigenvalue weighted by Crippen LogP contribution is 2.54. The summed E-state index contributed by atoms with van der Waals surface area (Å²) >= 11 is 0. The molecular weight excluding hydrogens is 283 g/mol. The molecule has 2 fully saturated rings. The van der Waals surface area contributed by atoms with Crippen LogP contribution in [-0.2, 0) is 23.1 Å². The van der Waals surface area contributed by atoms with Crippen molar-refractivity contribution in [2.75, 3.05) is 6.61 Å². The fourth-order valence-corrected chi connectivity index (χ4v) is 4.31. The van der Waals surface area contributed by atoms with Crippen LogP contribution < -0.4 is 0 Å². The molecular formula is C13H25O6P. The number of phosphoric ester groups is 1. The normalized spacial score (nSPS) is 39.7. The van der Waals surface area contributed by atoms with Crippen molar-refractivity contribution in [1.29, 1.82) is 0 Å². The lowest BCUT2D eigenvalue weighted by Crippen LogP contribution is -2.42. The molecule has 0 saturated carbocycles. The molecule has 1 N–H and O–H groups in total. The van der Waals surface area contributed by atoms with Crippen molar-refractivity contribution < 1.29 is 28.0 Å². The van der Waals surface area contributed by atoms with Crippen LogP contribution in [0.3, 0.4) is 0 Å². The number of phosphoric acid groups is 1. The molecule has 5 atom stereocenters. The van der Waals surface area contributed by atoms with E-state index in [-0.39, 0.29) is 18.3 Å². The summed E-state index contributed by atoms with van der Waals surface area (Å²) in [4.78, 5) is 9.84. The molecule has 0 amide bonds. The Morgan fingerprint density at radius 1 is 1.40 bits per heavy atom. The number of fused-ring (bicyclic) bond motifs is 2. The van der Waals surface area contributed by atoms with Gasteiger partial charge in [0.05, 0.1) is 18.8 Å². The third-order valence-electron chi connectivity index (χ3n) is 3.56. The van der Waals surface area contributed by atoms with Gasteiger partial charge < -0.3 is 14.4 Å². The summed E-state index contributed by atoms with van der Waals surface area (Å²) < 4.78 is 34.1. The predicted molar refractivity (Wildman–Crippen MR) is 73.4 cm³/mol. The Balaban J connectivity index is 2.15. The van der Waals surface area contributed by atoms with Crippen LogP contribution in [0, 0.1) is 5.92 Å². The highest BCUT2D eigenvalue weighted by atomic mass is 31.2. The zero-order chi connectivity index (χ0) is 15.1. The fourth-order valence-electron chi connectivity index (χ4n) is 3.13. The van der Waals surface area contributed by atoms with Gasteiger partial charge in [0.1, 0.15) is 17.8 Å². The lowest BCUT2D eigenvalue weighted by atomic mass is 9.89. The zero-order valence-electron chi connectivity index (χ0n) is 12.7. The van der Waals surface area contributed by atoms with Gasteiger partial charge in [-0.1, -0.05) is 13.8 Å². The maximum Gasteiger partial charge on any atom is 0.472 e. The van der Waals surface area contributed by atoms with Gasteiger partial charge in [-0.2, -0.15) is 0 Å². The van der Waals surface area contributed by atoms with E-state index in [1.807, 2.05) is 6.92 Å². The molecule has 20 heavy (non-hydrogen) atoms. The maximum atomic E-state index is 12.0. The van der Waals surface area contributed by atoms with Crippen LogP contribution in [0.2, 0.25) is 0 Å². The van der Waals surface area contributed by atoms with Crippen molar-refractivity contribution in [3.63, 3.8) is 0 Å². The molecule has 2 aliphatic heterocycles. The van der Waals surface area contributed by atoms with E-state index < -0.39 is 19.5 Å². The van der Waals surface area contributed by atoms with Gasteiger partial charge in [-0.25, -0.2) is 4.57 Å². The van der Waals surface area contributed by atoms with Crippen molar-refractivity contribution in [2.45, 2.75) is 71.1 Å². The van der Waals surface area contributed by atoms with E-state index in [1.54, 1.807) is 13.8 Å². The monoisotopic (exact) mass is 308 g/mol. The van der Waals surface area contributed by atoms with Gasteiger partial charge in [-0.05, 0) is 33.1 Å². The predicted octanol–water partition coefficient (Wildman–Crippen LogP) is 2.50. The van der Waals surface area contributed by atoms with Crippen molar-refractivity contribution in [3.8, 4) is 0 Å². The molecule has 0 aromatic rings. The SMILES string of the molecule is CC(C)C[C@@]12CO[C@@H](C1OP(=O)(O)OC(C)C)[C@H](C)O2. The van der Waals surface area contributed by atoms with Gasteiger partial charge in [-0.15, -0.1) is 0 Å². The largest absolute Gasteiger partial charge is 0.472 e. The molecule has 2 saturated heterocycles. The van der Waals surface area contributed by atoms with E-state index in [2.05, 4.69) is 13.8 Å². The summed E-state index contributed by atoms with van der Waals surface area (Å²) in [6.45, 7) is 9.83. The highest BCUT2D eigenvalue weighted by Gasteiger charge is 2.62. The molecule has 0 aliphatic carbocycles. The van der Waals surface area contributed by atoms with Crippen LogP contribution >= 0.6 is 7.82 Å². The minimum absolute atomic E-state index is 0.147. The molecule has 2 aliphatic rings. The molecule has 118 valence electrons. The zero-order valence-corrected chi connectivity index (χ0v) is 13.6. The van der Waals surface area contributed by atoms with Gasteiger partial charge in [0, 0.05) is 0 Å². The summed E-state index contributed by atoms with van der Waals surface area (Å²) in [6, 6.07) is 0. The Morgan fingerprint density at radius 2 is 2.05 bits per heavy atom. The molecule has 2 unspecified atom stereocenters. The van der Waals surface area contributed by atoms with Crippen LogP contribution in [0.1, 0.15) is 41.0 Å². The second-order valence-electron chi connectivity index (χ2n) is 6.41. The second kappa shape index (κ2) is 5.67. The summed E-state index contributed by atoms with van der Waals surface area (Å²) in [5.41, 5.74) is -0.642. The van der Waals surface area contributed by atoms with E-state index in [1.165, 1.54) is 0 Å². The second-order valence-corrected chi connectivity index (χ2v) is 7.77. The summed E-state index contributed by atoms with van der Waals surface area (Å²) in [5.74, 6) is 0.373. The number of ether oxygens (including phenoxy) is 2. The molecule has 0 aromatic heterocycles. The first kappa shape index (κ1) is 16.4. The standard InChI is InChI=1S/C13H25O6P/c1-8(2)6-13-7-16-11(10(5)17-13)12(13)19-20(14,15)18-9(3)4/h8-12H,6-7H2,1-5H3,(H,14,15)/t10-,11+,12?,13+/m0/s1. The third-order valence-corrected chi connectivity index (χ3v) is 4.75. The quantitative estimate of drug-likeness (QED) is 0.760. The van der Waals surface area contributed by atoms with E-state index >= 15 is 0 Å². The fraction of sp³-hybridized carbons (Fsp3) is 1.00. The molecule has 2 rings (SSSR count). The Hall–Kier alpha value is 0.0300. The smallest absolute Gasteiger partial charge is 0.370 e. The average molecular weight is 308 g/mol. The summed E-state index contributed by atoms with van der Waals surface area (Å²) in [7, 11) is -4.11. The number of hydrogen-bond acceptors (Lipinski definition) is 5. The van der Waals surface area contributed by atoms with E-state index in [0.717, 1.165) is 6.42 Å². The third kappa shape index (κ3) is 3.26. The van der Waals surface area contributed by atoms with Crippen LogP contribution in [0.5, 0.6) is 0 Å². The van der Waals surface area contributed by atoms with Crippen molar-refractivity contribution >= 4 is 7.82 Å². The van der Waals surface area contributed by atoms with Crippen molar-refractivity contribution in [3.05, 3.63) is 0 Å². The van der Waals surface area contributed by atoms with Gasteiger partial charge in [0.2, 0.25) is 0 Å². The van der Waals surface area contributed by atoms with Gasteiger partial charge in [0.25, 0.3) is 0 Å². The number of hydrogen-bond donors (Lipinski definition) is 1. The first-order chi connectivity index (χ1) is 9.15. The molecule has 2 bridgehead atoms. The molecule has 7 heteroatoms. The maximum absolute atomic E-state index is 12.0. The Labute approximate surface area is 120 Å². The van der Waals surface area contributed by atoms with Crippen LogP contribution in [0.4, 0.5) is 0 Å². The van der Waals surface area contributed by atoms with E-state index in [9.17, 15) is 9.46 Å². The van der Waals surface area contributed by atoms with E-state index in [0.29, 0.717) is 12.5 Å². The van der Waals surface area contributed by atoms with E-state index in [4.69, 9.17) is 18.5 Å². The molecule has 6 nitrogen and oxygen atoms in total. The van der Waals surface area contributed by atoms with Crippen molar-refractivity contribution in [2.24, 2.45) is 5.92 Å². The molecule has 0 radical (unpaired) electrons. The van der Waals surface area contributed by atoms with Gasteiger partial charge >= 0.3 is 7.82 Å². The van der Waals surface area contributed by atoms with Gasteiger partial charge in [-0.3, -0.25) is 9.05 Å². The Bertz CT molecular complexity index is 398. The Kier molecular flexibility index (Phi) is 4.65. The lowest BCUT2D eigenvalue weighted by molar-refractivity contribution is -0.145. The van der Waals surface area contributed by atoms with Crippen molar-refractivity contribution in [1.82, 2.24) is 0 Å². The van der Waals surface area contributed by atoms with Crippen LogP contribution in [0.25, 0.3) is 0 Å². The lowest BCUT2D eigenvalue weighted by Gasteiger charge is -2.32. The minimum Gasteiger partial charge on any atom is -0.370 e. The topological polar surface area (TPSA) is 74.2 Å². The Morgan fingerprint density at radius 3 is 2.55 bits per heavy atom. The highest BCUT2D eigenvalue weighted by molar-refractivity contribution is 7.47. The molecule has 0 spiro atoms.